The smallest absolute Gasteiger partial charge is 0.173 e. The summed E-state index contributed by atoms with van der Waals surface area (Å²) in [5.74, 6) is 0.303. The number of halogens is 2. The van der Waals surface area contributed by atoms with Gasteiger partial charge in [0, 0.05) is 4.47 Å². The third-order valence-corrected chi connectivity index (χ3v) is 4.43. The molecule has 1 rings (SSSR count). The van der Waals surface area contributed by atoms with Gasteiger partial charge in [0.2, 0.25) is 0 Å². The van der Waals surface area contributed by atoms with Crippen molar-refractivity contribution in [1.29, 1.82) is 0 Å². The van der Waals surface area contributed by atoms with Crippen molar-refractivity contribution in [2.75, 3.05) is 7.11 Å². The molecule has 4 nitrogen and oxygen atoms in total. The normalized spacial score (nSPS) is 14.6. The maximum Gasteiger partial charge on any atom is 0.173 e. The first kappa shape index (κ1) is 13.8. The molecular weight excluding hydrogens is 342 g/mol. The van der Waals surface area contributed by atoms with Gasteiger partial charge in [-0.3, -0.25) is 0 Å². The zero-order chi connectivity index (χ0) is 12.5. The Bertz CT molecular complexity index is 396. The van der Waals surface area contributed by atoms with E-state index in [1.165, 1.54) is 7.11 Å². The molecule has 4 N–H and O–H groups in total. The van der Waals surface area contributed by atoms with Gasteiger partial charge < -0.3 is 20.7 Å². The molecular formula is C10H13Br2NO3. The molecule has 6 heteroatoms. The molecule has 90 valence electrons. The Labute approximate surface area is 111 Å². The van der Waals surface area contributed by atoms with Gasteiger partial charge >= 0.3 is 0 Å². The number of phenolic OH excluding ortho intramolecular Hbond substituents is 1. The number of benzene rings is 1. The molecule has 1 aromatic rings. The van der Waals surface area contributed by atoms with E-state index in [1.54, 1.807) is 13.0 Å². The van der Waals surface area contributed by atoms with Gasteiger partial charge in [0.15, 0.2) is 11.5 Å². The second kappa shape index (κ2) is 5.35. The van der Waals surface area contributed by atoms with Gasteiger partial charge in [-0.25, -0.2) is 0 Å². The summed E-state index contributed by atoms with van der Waals surface area (Å²) >= 11 is 6.53. The largest absolute Gasteiger partial charge is 0.503 e. The molecule has 2 atom stereocenters. The lowest BCUT2D eigenvalue weighted by molar-refractivity contribution is 0.164. The van der Waals surface area contributed by atoms with Crippen LogP contribution in [0.4, 0.5) is 0 Å². The summed E-state index contributed by atoms with van der Waals surface area (Å²) in [5.41, 5.74) is 6.51. The summed E-state index contributed by atoms with van der Waals surface area (Å²) in [6.07, 6.45) is -0.697. The van der Waals surface area contributed by atoms with E-state index in [0.717, 1.165) is 0 Å². The number of aliphatic hydroxyl groups excluding tert-OH is 1. The summed E-state index contributed by atoms with van der Waals surface area (Å²) in [4.78, 5) is 0. The minimum absolute atomic E-state index is 0.00378. The van der Waals surface area contributed by atoms with Crippen LogP contribution in [-0.4, -0.2) is 23.4 Å². The molecule has 0 aromatic heterocycles. The topological polar surface area (TPSA) is 75.7 Å². The van der Waals surface area contributed by atoms with Crippen LogP contribution in [0.2, 0.25) is 0 Å². The standard InChI is InChI=1S/C10H13Br2NO3/c1-4(14)9(13)5-3-6(16-2)10(15)8(12)7(5)11/h3-4,9,14-15H,13H2,1-2H3/t4-,9-/m1/s1. The molecule has 0 fully saturated rings. The molecule has 0 heterocycles. The summed E-state index contributed by atoms with van der Waals surface area (Å²) in [6, 6.07) is 1.04. The van der Waals surface area contributed by atoms with Gasteiger partial charge in [-0.2, -0.15) is 0 Å². The fourth-order valence-corrected chi connectivity index (χ4v) is 2.26. The highest BCUT2D eigenvalue weighted by atomic mass is 79.9. The molecule has 0 saturated heterocycles. The Balaban J connectivity index is 3.35. The summed E-state index contributed by atoms with van der Waals surface area (Å²) < 4.78 is 6.08. The molecule has 0 radical (unpaired) electrons. The zero-order valence-electron chi connectivity index (χ0n) is 8.87. The number of nitrogens with two attached hydrogens (primary N) is 1. The predicted octanol–water partition coefficient (Wildman–Crippen LogP) is 2.31. The lowest BCUT2D eigenvalue weighted by Crippen LogP contribution is -2.23. The first-order valence-electron chi connectivity index (χ1n) is 4.58. The van der Waals surface area contributed by atoms with Crippen LogP contribution in [-0.2, 0) is 0 Å². The molecule has 16 heavy (non-hydrogen) atoms. The Kier molecular flexibility index (Phi) is 4.61. The highest BCUT2D eigenvalue weighted by Crippen LogP contribution is 2.43. The first-order valence-corrected chi connectivity index (χ1v) is 6.17. The van der Waals surface area contributed by atoms with E-state index in [0.29, 0.717) is 20.3 Å². The van der Waals surface area contributed by atoms with Crippen LogP contribution >= 0.6 is 31.9 Å². The average molecular weight is 355 g/mol. The van der Waals surface area contributed by atoms with E-state index < -0.39 is 12.1 Å². The molecule has 0 aliphatic carbocycles. The summed E-state index contributed by atoms with van der Waals surface area (Å²) in [7, 11) is 1.45. The summed E-state index contributed by atoms with van der Waals surface area (Å²) in [6.45, 7) is 1.60. The molecule has 0 saturated carbocycles. The molecule has 1 aromatic carbocycles. The highest BCUT2D eigenvalue weighted by molar-refractivity contribution is 9.13. The number of hydrogen-bond donors (Lipinski definition) is 3. The van der Waals surface area contributed by atoms with Crippen LogP contribution in [0.1, 0.15) is 18.5 Å². The Morgan fingerprint density at radius 2 is 1.94 bits per heavy atom. The van der Waals surface area contributed by atoms with Gasteiger partial charge in [-0.05, 0) is 50.4 Å². The lowest BCUT2D eigenvalue weighted by Gasteiger charge is -2.19. The van der Waals surface area contributed by atoms with Gasteiger partial charge in [0.05, 0.1) is 23.7 Å². The maximum absolute atomic E-state index is 9.72. The molecule has 0 amide bonds. The van der Waals surface area contributed by atoms with Crippen LogP contribution in [0.5, 0.6) is 11.5 Å². The van der Waals surface area contributed by atoms with Gasteiger partial charge in [-0.1, -0.05) is 0 Å². The quantitative estimate of drug-likeness (QED) is 0.778. The monoisotopic (exact) mass is 353 g/mol. The van der Waals surface area contributed by atoms with Crippen LogP contribution < -0.4 is 10.5 Å². The third-order valence-electron chi connectivity index (χ3n) is 2.27. The van der Waals surface area contributed by atoms with Crippen molar-refractivity contribution in [2.45, 2.75) is 19.1 Å². The van der Waals surface area contributed by atoms with E-state index in [4.69, 9.17) is 10.5 Å². The van der Waals surface area contributed by atoms with Gasteiger partial charge in [-0.15, -0.1) is 0 Å². The van der Waals surface area contributed by atoms with E-state index in [-0.39, 0.29) is 5.75 Å². The van der Waals surface area contributed by atoms with Crippen molar-refractivity contribution < 1.29 is 14.9 Å². The number of ether oxygens (including phenoxy) is 1. The second-order valence-electron chi connectivity index (χ2n) is 3.41. The molecule has 0 aliphatic heterocycles. The van der Waals surface area contributed by atoms with Crippen molar-refractivity contribution in [3.05, 3.63) is 20.6 Å². The van der Waals surface area contributed by atoms with Crippen molar-refractivity contribution >= 4 is 31.9 Å². The Hall–Kier alpha value is -0.300. The summed E-state index contributed by atoms with van der Waals surface area (Å²) in [5, 5.41) is 19.2. The van der Waals surface area contributed by atoms with Gasteiger partial charge in [0.1, 0.15) is 0 Å². The second-order valence-corrected chi connectivity index (χ2v) is 5.00. The molecule has 0 spiro atoms. The number of aliphatic hydroxyl groups is 1. The lowest BCUT2D eigenvalue weighted by atomic mass is 10.0. The fraction of sp³-hybridized carbons (Fsp3) is 0.400. The number of methoxy groups -OCH3 is 1. The minimum Gasteiger partial charge on any atom is -0.503 e. The number of rotatable bonds is 3. The number of aromatic hydroxyl groups is 1. The van der Waals surface area contributed by atoms with E-state index in [9.17, 15) is 10.2 Å². The zero-order valence-corrected chi connectivity index (χ0v) is 12.0. The molecule has 0 unspecified atom stereocenters. The van der Waals surface area contributed by atoms with E-state index in [2.05, 4.69) is 31.9 Å². The fourth-order valence-electron chi connectivity index (χ4n) is 1.27. The van der Waals surface area contributed by atoms with E-state index >= 15 is 0 Å². The molecule has 0 aliphatic rings. The van der Waals surface area contributed by atoms with E-state index in [1.807, 2.05) is 0 Å². The van der Waals surface area contributed by atoms with Crippen LogP contribution in [0, 0.1) is 0 Å². The number of phenols is 1. The predicted molar refractivity (Wildman–Crippen MR) is 68.7 cm³/mol. The van der Waals surface area contributed by atoms with Gasteiger partial charge in [0.25, 0.3) is 0 Å². The van der Waals surface area contributed by atoms with Crippen molar-refractivity contribution in [3.63, 3.8) is 0 Å². The molecule has 0 bridgehead atoms. The van der Waals surface area contributed by atoms with Crippen LogP contribution in [0.3, 0.4) is 0 Å². The Morgan fingerprint density at radius 1 is 1.38 bits per heavy atom. The van der Waals surface area contributed by atoms with Crippen LogP contribution in [0.25, 0.3) is 0 Å². The number of hydrogen-bond acceptors (Lipinski definition) is 4. The minimum atomic E-state index is -0.697. The van der Waals surface area contributed by atoms with Crippen molar-refractivity contribution in [2.24, 2.45) is 5.73 Å². The highest BCUT2D eigenvalue weighted by Gasteiger charge is 2.21. The van der Waals surface area contributed by atoms with Crippen molar-refractivity contribution in [1.82, 2.24) is 0 Å². The average Bonchev–Trinajstić information content (AvgIpc) is 2.25. The third kappa shape index (κ3) is 2.51. The van der Waals surface area contributed by atoms with Crippen LogP contribution in [0.15, 0.2) is 15.0 Å². The SMILES string of the molecule is COc1cc([C@H](N)[C@@H](C)O)c(Br)c(Br)c1O. The first-order chi connectivity index (χ1) is 7.40. The maximum atomic E-state index is 9.72. The van der Waals surface area contributed by atoms with Crippen molar-refractivity contribution in [3.8, 4) is 11.5 Å². The Morgan fingerprint density at radius 3 is 2.38 bits per heavy atom.